The van der Waals surface area contributed by atoms with Gasteiger partial charge in [-0.25, -0.2) is 0 Å². The van der Waals surface area contributed by atoms with E-state index in [0.717, 1.165) is 11.3 Å². The first kappa shape index (κ1) is 13.7. The summed E-state index contributed by atoms with van der Waals surface area (Å²) in [6.45, 7) is 0.733. The van der Waals surface area contributed by atoms with Gasteiger partial charge in [-0.1, -0.05) is 54.6 Å². The highest BCUT2D eigenvalue weighted by Crippen LogP contribution is 2.21. The van der Waals surface area contributed by atoms with Gasteiger partial charge in [0, 0.05) is 6.61 Å². The molecule has 0 aliphatic rings. The number of hydrogen-bond donors (Lipinski definition) is 1. The molecule has 2 heteroatoms. The standard InChI is InChI=1S/C19H18O2/c20-13-12-15-8-10-18(11-9-15)21-14-17-6-3-5-16-4-1-2-7-19(16)17/h1-11,20H,12-14H2. The van der Waals surface area contributed by atoms with Crippen LogP contribution in [-0.4, -0.2) is 11.7 Å². The summed E-state index contributed by atoms with van der Waals surface area (Å²) in [6.07, 6.45) is 0.684. The van der Waals surface area contributed by atoms with Gasteiger partial charge in [-0.05, 0) is 40.5 Å². The average molecular weight is 278 g/mol. The van der Waals surface area contributed by atoms with E-state index < -0.39 is 0 Å². The van der Waals surface area contributed by atoms with Crippen molar-refractivity contribution in [2.75, 3.05) is 6.61 Å². The topological polar surface area (TPSA) is 29.5 Å². The van der Waals surface area contributed by atoms with Gasteiger partial charge in [0.2, 0.25) is 0 Å². The largest absolute Gasteiger partial charge is 0.489 e. The zero-order valence-electron chi connectivity index (χ0n) is 11.8. The molecule has 0 unspecified atom stereocenters. The predicted octanol–water partition coefficient (Wildman–Crippen LogP) is 3.95. The molecular formula is C19H18O2. The first-order valence-corrected chi connectivity index (χ1v) is 7.16. The van der Waals surface area contributed by atoms with E-state index in [0.29, 0.717) is 13.0 Å². The minimum Gasteiger partial charge on any atom is -0.489 e. The van der Waals surface area contributed by atoms with Crippen LogP contribution < -0.4 is 4.74 Å². The molecule has 1 N–H and O–H groups in total. The van der Waals surface area contributed by atoms with E-state index in [4.69, 9.17) is 9.84 Å². The number of aliphatic hydroxyl groups excluding tert-OH is 1. The Bertz CT molecular complexity index is 712. The van der Waals surface area contributed by atoms with E-state index in [-0.39, 0.29) is 6.61 Å². The maximum atomic E-state index is 8.91. The van der Waals surface area contributed by atoms with Crippen LogP contribution >= 0.6 is 0 Å². The molecule has 3 aromatic carbocycles. The van der Waals surface area contributed by atoms with E-state index >= 15 is 0 Å². The SMILES string of the molecule is OCCc1ccc(OCc2cccc3ccccc23)cc1. The Hall–Kier alpha value is -2.32. The van der Waals surface area contributed by atoms with E-state index in [1.807, 2.05) is 30.3 Å². The normalized spacial score (nSPS) is 10.7. The van der Waals surface area contributed by atoms with Crippen molar-refractivity contribution in [2.45, 2.75) is 13.0 Å². The van der Waals surface area contributed by atoms with Crippen LogP contribution in [0.2, 0.25) is 0 Å². The molecule has 0 atom stereocenters. The number of fused-ring (bicyclic) bond motifs is 1. The molecule has 21 heavy (non-hydrogen) atoms. The molecule has 0 saturated carbocycles. The predicted molar refractivity (Wildman–Crippen MR) is 85.5 cm³/mol. The third-order valence-electron chi connectivity index (χ3n) is 3.60. The molecule has 0 fully saturated rings. The molecule has 0 saturated heterocycles. The molecule has 106 valence electrons. The van der Waals surface area contributed by atoms with Crippen LogP contribution in [-0.2, 0) is 13.0 Å². The van der Waals surface area contributed by atoms with Gasteiger partial charge in [0.05, 0.1) is 0 Å². The van der Waals surface area contributed by atoms with Crippen molar-refractivity contribution in [1.82, 2.24) is 0 Å². The van der Waals surface area contributed by atoms with Crippen LogP contribution in [0.1, 0.15) is 11.1 Å². The minimum atomic E-state index is 0.177. The second-order valence-electron chi connectivity index (χ2n) is 5.04. The van der Waals surface area contributed by atoms with Crippen molar-refractivity contribution in [2.24, 2.45) is 0 Å². The van der Waals surface area contributed by atoms with Gasteiger partial charge in [0.1, 0.15) is 12.4 Å². The maximum absolute atomic E-state index is 8.91. The lowest BCUT2D eigenvalue weighted by atomic mass is 10.1. The van der Waals surface area contributed by atoms with Gasteiger partial charge in [-0.15, -0.1) is 0 Å². The van der Waals surface area contributed by atoms with Crippen LogP contribution in [0, 0.1) is 0 Å². The number of ether oxygens (including phenoxy) is 1. The quantitative estimate of drug-likeness (QED) is 0.765. The van der Waals surface area contributed by atoms with Crippen molar-refractivity contribution < 1.29 is 9.84 Å². The maximum Gasteiger partial charge on any atom is 0.119 e. The lowest BCUT2D eigenvalue weighted by Gasteiger charge is -2.09. The molecule has 3 rings (SSSR count). The van der Waals surface area contributed by atoms with E-state index in [2.05, 4.69) is 36.4 Å². The molecule has 0 spiro atoms. The monoisotopic (exact) mass is 278 g/mol. The summed E-state index contributed by atoms with van der Waals surface area (Å²) in [5.74, 6) is 0.852. The first-order valence-electron chi connectivity index (χ1n) is 7.16. The third-order valence-corrected chi connectivity index (χ3v) is 3.60. The second-order valence-corrected chi connectivity index (χ2v) is 5.04. The van der Waals surface area contributed by atoms with Crippen LogP contribution in [0.3, 0.4) is 0 Å². The molecule has 0 bridgehead atoms. The van der Waals surface area contributed by atoms with Gasteiger partial charge in [-0.2, -0.15) is 0 Å². The summed E-state index contributed by atoms with van der Waals surface area (Å²) >= 11 is 0. The molecule has 2 nitrogen and oxygen atoms in total. The molecule has 0 heterocycles. The number of aliphatic hydroxyl groups is 1. The van der Waals surface area contributed by atoms with Crippen LogP contribution in [0.15, 0.2) is 66.7 Å². The van der Waals surface area contributed by atoms with E-state index in [1.54, 1.807) is 0 Å². The summed E-state index contributed by atoms with van der Waals surface area (Å²) in [5, 5.41) is 11.4. The van der Waals surface area contributed by atoms with Crippen molar-refractivity contribution in [3.8, 4) is 5.75 Å². The Morgan fingerprint density at radius 2 is 1.57 bits per heavy atom. The van der Waals surface area contributed by atoms with Gasteiger partial charge >= 0.3 is 0 Å². The zero-order chi connectivity index (χ0) is 14.5. The van der Waals surface area contributed by atoms with Crippen LogP contribution in [0.25, 0.3) is 10.8 Å². The summed E-state index contributed by atoms with van der Waals surface area (Å²) in [5.41, 5.74) is 2.31. The Morgan fingerprint density at radius 3 is 2.38 bits per heavy atom. The lowest BCUT2D eigenvalue weighted by Crippen LogP contribution is -1.97. The molecular weight excluding hydrogens is 260 g/mol. The van der Waals surface area contributed by atoms with Crippen LogP contribution in [0.5, 0.6) is 5.75 Å². The smallest absolute Gasteiger partial charge is 0.119 e. The molecule has 0 radical (unpaired) electrons. The molecule has 0 aromatic heterocycles. The average Bonchev–Trinajstić information content (AvgIpc) is 2.54. The van der Waals surface area contributed by atoms with E-state index in [9.17, 15) is 0 Å². The summed E-state index contributed by atoms with van der Waals surface area (Å²) in [6, 6.07) is 22.5. The van der Waals surface area contributed by atoms with Crippen molar-refractivity contribution in [1.29, 1.82) is 0 Å². The Labute approximate surface area is 124 Å². The summed E-state index contributed by atoms with van der Waals surface area (Å²) in [7, 11) is 0. The second kappa shape index (κ2) is 6.42. The molecule has 0 amide bonds. The first-order chi connectivity index (χ1) is 10.4. The highest BCUT2D eigenvalue weighted by Gasteiger charge is 2.01. The Balaban J connectivity index is 1.74. The highest BCUT2D eigenvalue weighted by molar-refractivity contribution is 5.85. The number of hydrogen-bond acceptors (Lipinski definition) is 2. The van der Waals surface area contributed by atoms with Crippen molar-refractivity contribution in [3.63, 3.8) is 0 Å². The summed E-state index contributed by atoms with van der Waals surface area (Å²) < 4.78 is 5.87. The fourth-order valence-corrected chi connectivity index (χ4v) is 2.46. The fourth-order valence-electron chi connectivity index (χ4n) is 2.46. The minimum absolute atomic E-state index is 0.177. The van der Waals surface area contributed by atoms with Gasteiger partial charge in [-0.3, -0.25) is 0 Å². The van der Waals surface area contributed by atoms with E-state index in [1.165, 1.54) is 16.3 Å². The van der Waals surface area contributed by atoms with Gasteiger partial charge in [0.25, 0.3) is 0 Å². The van der Waals surface area contributed by atoms with Crippen molar-refractivity contribution >= 4 is 10.8 Å². The highest BCUT2D eigenvalue weighted by atomic mass is 16.5. The molecule has 0 aliphatic carbocycles. The lowest BCUT2D eigenvalue weighted by molar-refractivity contribution is 0.298. The molecule has 3 aromatic rings. The van der Waals surface area contributed by atoms with Crippen LogP contribution in [0.4, 0.5) is 0 Å². The Kier molecular flexibility index (Phi) is 4.17. The number of benzene rings is 3. The Morgan fingerprint density at radius 1 is 0.810 bits per heavy atom. The zero-order valence-corrected chi connectivity index (χ0v) is 11.8. The third kappa shape index (κ3) is 3.23. The summed E-state index contributed by atoms with van der Waals surface area (Å²) in [4.78, 5) is 0. The van der Waals surface area contributed by atoms with Gasteiger partial charge < -0.3 is 9.84 Å². The van der Waals surface area contributed by atoms with Crippen molar-refractivity contribution in [3.05, 3.63) is 77.9 Å². The molecule has 0 aliphatic heterocycles. The van der Waals surface area contributed by atoms with Gasteiger partial charge in [0.15, 0.2) is 0 Å². The fraction of sp³-hybridized carbons (Fsp3) is 0.158. The number of rotatable bonds is 5.